The van der Waals surface area contributed by atoms with Crippen molar-refractivity contribution in [3.05, 3.63) is 35.1 Å². The molecule has 1 aromatic rings. The first kappa shape index (κ1) is 11.3. The zero-order valence-corrected chi connectivity index (χ0v) is 8.16. The molecule has 3 heteroatoms. The van der Waals surface area contributed by atoms with Gasteiger partial charge in [0.05, 0.1) is 5.56 Å². The quantitative estimate of drug-likeness (QED) is 0.607. The van der Waals surface area contributed by atoms with Crippen LogP contribution in [-0.2, 0) is 6.42 Å². The first-order valence-electron chi connectivity index (χ1n) is 4.60. The molecule has 0 aliphatic rings. The van der Waals surface area contributed by atoms with Gasteiger partial charge in [0.1, 0.15) is 5.82 Å². The van der Waals surface area contributed by atoms with Crippen LogP contribution in [0.3, 0.4) is 0 Å². The van der Waals surface area contributed by atoms with E-state index in [1.165, 1.54) is 12.1 Å². The summed E-state index contributed by atoms with van der Waals surface area (Å²) in [6.07, 6.45) is 6.92. The Hall–Kier alpha value is -1.82. The first-order chi connectivity index (χ1) is 7.15. The van der Waals surface area contributed by atoms with Crippen molar-refractivity contribution < 1.29 is 14.3 Å². The van der Waals surface area contributed by atoms with Gasteiger partial charge in [-0.05, 0) is 30.5 Å². The minimum atomic E-state index is -1.12. The number of hydrogen-bond donors (Lipinski definition) is 1. The lowest BCUT2D eigenvalue weighted by Gasteiger charge is -2.02. The number of aromatic carboxylic acids is 1. The van der Waals surface area contributed by atoms with Crippen LogP contribution >= 0.6 is 0 Å². The molecule has 0 aromatic heterocycles. The molecule has 1 aromatic carbocycles. The van der Waals surface area contributed by atoms with E-state index in [0.29, 0.717) is 24.8 Å². The van der Waals surface area contributed by atoms with Crippen molar-refractivity contribution in [2.75, 3.05) is 0 Å². The third-order valence-corrected chi connectivity index (χ3v) is 2.07. The van der Waals surface area contributed by atoms with E-state index >= 15 is 0 Å². The highest BCUT2D eigenvalue weighted by Gasteiger charge is 2.07. The number of aryl methyl sites for hydroxylation is 1. The molecule has 1 N–H and O–H groups in total. The Balaban J connectivity index is 2.76. The first-order valence-corrected chi connectivity index (χ1v) is 4.60. The summed E-state index contributed by atoms with van der Waals surface area (Å²) in [6, 6.07) is 3.93. The van der Waals surface area contributed by atoms with Gasteiger partial charge in [0.2, 0.25) is 0 Å². The lowest BCUT2D eigenvalue weighted by molar-refractivity contribution is 0.0696. The standard InChI is InChI=1S/C12H11FO2/c1-2-3-4-5-9-6-7-10(12(14)15)8-11(9)13/h1,6-8H,3-5H2,(H,14,15). The maximum Gasteiger partial charge on any atom is 0.335 e. The van der Waals surface area contributed by atoms with Crippen LogP contribution in [0, 0.1) is 18.2 Å². The Morgan fingerprint density at radius 1 is 1.53 bits per heavy atom. The summed E-state index contributed by atoms with van der Waals surface area (Å²) in [5, 5.41) is 8.62. The average Bonchev–Trinajstić information content (AvgIpc) is 2.20. The molecule has 0 fully saturated rings. The number of carbonyl (C=O) groups is 1. The van der Waals surface area contributed by atoms with Gasteiger partial charge < -0.3 is 5.11 Å². The SMILES string of the molecule is C#CCCCc1ccc(C(=O)O)cc1F. The normalized spacial score (nSPS) is 9.60. The van der Waals surface area contributed by atoms with Crippen molar-refractivity contribution in [3.63, 3.8) is 0 Å². The minimum Gasteiger partial charge on any atom is -0.478 e. The van der Waals surface area contributed by atoms with Crippen molar-refractivity contribution in [2.24, 2.45) is 0 Å². The third kappa shape index (κ3) is 3.10. The number of hydrogen-bond acceptors (Lipinski definition) is 1. The van der Waals surface area contributed by atoms with Crippen molar-refractivity contribution in [3.8, 4) is 12.3 Å². The molecule has 78 valence electrons. The molecule has 0 unspecified atom stereocenters. The van der Waals surface area contributed by atoms with Crippen molar-refractivity contribution in [2.45, 2.75) is 19.3 Å². The van der Waals surface area contributed by atoms with Crippen molar-refractivity contribution in [1.29, 1.82) is 0 Å². The molecule has 1 rings (SSSR count). The molecule has 15 heavy (non-hydrogen) atoms. The molecule has 0 heterocycles. The summed E-state index contributed by atoms with van der Waals surface area (Å²) in [5.41, 5.74) is 0.475. The van der Waals surface area contributed by atoms with Crippen LogP contribution in [0.15, 0.2) is 18.2 Å². The van der Waals surface area contributed by atoms with E-state index in [4.69, 9.17) is 11.5 Å². The number of unbranched alkanes of at least 4 members (excludes halogenated alkanes) is 1. The second kappa shape index (κ2) is 5.16. The zero-order valence-electron chi connectivity index (χ0n) is 8.16. The number of benzene rings is 1. The van der Waals surface area contributed by atoms with E-state index in [9.17, 15) is 9.18 Å². The Kier molecular flexibility index (Phi) is 3.87. The summed E-state index contributed by atoms with van der Waals surface area (Å²) in [7, 11) is 0. The molecule has 0 saturated heterocycles. The molecular formula is C12H11FO2. The molecule has 0 amide bonds. The minimum absolute atomic E-state index is 0.0341. The molecule has 2 nitrogen and oxygen atoms in total. The zero-order chi connectivity index (χ0) is 11.3. The van der Waals surface area contributed by atoms with Gasteiger partial charge in [-0.1, -0.05) is 6.07 Å². The predicted molar refractivity (Wildman–Crippen MR) is 55.1 cm³/mol. The number of halogens is 1. The number of carboxylic acids is 1. The maximum absolute atomic E-state index is 13.3. The van der Waals surface area contributed by atoms with Crippen LogP contribution in [0.5, 0.6) is 0 Å². The van der Waals surface area contributed by atoms with Gasteiger partial charge in [0.15, 0.2) is 0 Å². The molecule has 0 aliphatic heterocycles. The number of terminal acetylenes is 1. The highest BCUT2D eigenvalue weighted by atomic mass is 19.1. The Morgan fingerprint density at radius 3 is 2.80 bits per heavy atom. The van der Waals surface area contributed by atoms with E-state index in [0.717, 1.165) is 6.07 Å². The highest BCUT2D eigenvalue weighted by Crippen LogP contribution is 2.13. The summed E-state index contributed by atoms with van der Waals surface area (Å²) >= 11 is 0. The summed E-state index contributed by atoms with van der Waals surface area (Å²) in [5.74, 6) is 0.870. The average molecular weight is 206 g/mol. The number of carboxylic acid groups (broad SMARTS) is 1. The molecule has 0 bridgehead atoms. The second-order valence-electron chi connectivity index (χ2n) is 3.17. The van der Waals surface area contributed by atoms with E-state index in [1.807, 2.05) is 0 Å². The van der Waals surface area contributed by atoms with Crippen LogP contribution in [0.2, 0.25) is 0 Å². The van der Waals surface area contributed by atoms with Gasteiger partial charge in [-0.3, -0.25) is 0 Å². The highest BCUT2D eigenvalue weighted by molar-refractivity contribution is 5.87. The molecule has 0 spiro atoms. The fourth-order valence-electron chi connectivity index (χ4n) is 1.26. The fourth-order valence-corrected chi connectivity index (χ4v) is 1.26. The molecule has 0 saturated carbocycles. The molecule has 0 radical (unpaired) electrons. The summed E-state index contributed by atoms with van der Waals surface area (Å²) in [6.45, 7) is 0. The van der Waals surface area contributed by atoms with E-state index in [1.54, 1.807) is 0 Å². The van der Waals surface area contributed by atoms with E-state index < -0.39 is 11.8 Å². The van der Waals surface area contributed by atoms with E-state index in [2.05, 4.69) is 5.92 Å². The number of rotatable bonds is 4. The second-order valence-corrected chi connectivity index (χ2v) is 3.17. The Bertz CT molecular complexity index is 405. The van der Waals surface area contributed by atoms with Gasteiger partial charge in [0, 0.05) is 6.42 Å². The predicted octanol–water partition coefficient (Wildman–Crippen LogP) is 2.48. The van der Waals surface area contributed by atoms with Gasteiger partial charge in [0.25, 0.3) is 0 Å². The van der Waals surface area contributed by atoms with Crippen LogP contribution in [0.25, 0.3) is 0 Å². The van der Waals surface area contributed by atoms with Gasteiger partial charge in [-0.2, -0.15) is 0 Å². The van der Waals surface area contributed by atoms with Gasteiger partial charge >= 0.3 is 5.97 Å². The Morgan fingerprint density at radius 2 is 2.27 bits per heavy atom. The summed E-state index contributed by atoms with van der Waals surface area (Å²) < 4.78 is 13.3. The fraction of sp³-hybridized carbons (Fsp3) is 0.250. The van der Waals surface area contributed by atoms with Gasteiger partial charge in [-0.15, -0.1) is 12.3 Å². The summed E-state index contributed by atoms with van der Waals surface area (Å²) in [4.78, 5) is 10.5. The molecular weight excluding hydrogens is 195 g/mol. The maximum atomic E-state index is 13.3. The Labute approximate surface area is 87.7 Å². The van der Waals surface area contributed by atoms with Crippen LogP contribution < -0.4 is 0 Å². The smallest absolute Gasteiger partial charge is 0.335 e. The van der Waals surface area contributed by atoms with Crippen LogP contribution in [0.1, 0.15) is 28.8 Å². The monoisotopic (exact) mass is 206 g/mol. The topological polar surface area (TPSA) is 37.3 Å². The molecule has 0 aliphatic carbocycles. The van der Waals surface area contributed by atoms with Crippen LogP contribution in [-0.4, -0.2) is 11.1 Å². The van der Waals surface area contributed by atoms with Crippen molar-refractivity contribution >= 4 is 5.97 Å². The molecule has 0 atom stereocenters. The van der Waals surface area contributed by atoms with Gasteiger partial charge in [-0.25, -0.2) is 9.18 Å². The third-order valence-electron chi connectivity index (χ3n) is 2.07. The van der Waals surface area contributed by atoms with Crippen molar-refractivity contribution in [1.82, 2.24) is 0 Å². The lowest BCUT2D eigenvalue weighted by Crippen LogP contribution is -1.99. The largest absolute Gasteiger partial charge is 0.478 e. The van der Waals surface area contributed by atoms with Crippen LogP contribution in [0.4, 0.5) is 4.39 Å². The van der Waals surface area contributed by atoms with E-state index in [-0.39, 0.29) is 5.56 Å². The lowest BCUT2D eigenvalue weighted by atomic mass is 10.1.